The maximum Gasteiger partial charge on any atom is 0.223 e. The summed E-state index contributed by atoms with van der Waals surface area (Å²) >= 11 is 0. The van der Waals surface area contributed by atoms with E-state index in [2.05, 4.69) is 80.4 Å². The monoisotopic (exact) mass is 350 g/mol. The maximum atomic E-state index is 12.7. The fourth-order valence-electron chi connectivity index (χ4n) is 3.60. The minimum absolute atomic E-state index is 0.0527. The van der Waals surface area contributed by atoms with Crippen LogP contribution in [0.4, 0.5) is 5.69 Å². The van der Waals surface area contributed by atoms with Gasteiger partial charge in [-0.15, -0.1) is 0 Å². The highest BCUT2D eigenvalue weighted by atomic mass is 16.1. The molecule has 1 N–H and O–H groups in total. The Balaban J connectivity index is 1.54. The fourth-order valence-corrected chi connectivity index (χ4v) is 3.60. The number of hydrogen-bond acceptors (Lipinski definition) is 2. The lowest BCUT2D eigenvalue weighted by Gasteiger charge is -2.33. The molecule has 0 bridgehead atoms. The molecule has 138 valence electrons. The summed E-state index contributed by atoms with van der Waals surface area (Å²) in [6.07, 6.45) is 1.83. The van der Waals surface area contributed by atoms with Crippen LogP contribution in [0.15, 0.2) is 42.5 Å². The molecule has 1 saturated heterocycles. The fraction of sp³-hybridized carbons (Fsp3) is 0.435. The van der Waals surface area contributed by atoms with Crippen molar-refractivity contribution in [1.82, 2.24) is 5.32 Å². The van der Waals surface area contributed by atoms with Crippen LogP contribution in [0.3, 0.4) is 0 Å². The van der Waals surface area contributed by atoms with E-state index in [1.165, 1.54) is 27.9 Å². The second kappa shape index (κ2) is 7.94. The zero-order chi connectivity index (χ0) is 18.7. The van der Waals surface area contributed by atoms with E-state index in [1.807, 2.05) is 0 Å². The summed E-state index contributed by atoms with van der Waals surface area (Å²) < 4.78 is 0. The molecular formula is C23H30N2O. The molecule has 1 atom stereocenters. The van der Waals surface area contributed by atoms with Crippen molar-refractivity contribution >= 4 is 11.6 Å². The van der Waals surface area contributed by atoms with Crippen molar-refractivity contribution < 1.29 is 4.79 Å². The van der Waals surface area contributed by atoms with Gasteiger partial charge in [-0.25, -0.2) is 0 Å². The highest BCUT2D eigenvalue weighted by molar-refractivity contribution is 5.79. The summed E-state index contributed by atoms with van der Waals surface area (Å²) in [5, 5.41) is 3.22. The van der Waals surface area contributed by atoms with Gasteiger partial charge in [-0.1, -0.05) is 35.9 Å². The lowest BCUT2D eigenvalue weighted by molar-refractivity contribution is -0.126. The quantitative estimate of drug-likeness (QED) is 0.866. The molecule has 3 rings (SSSR count). The van der Waals surface area contributed by atoms with Crippen molar-refractivity contribution in [3.63, 3.8) is 0 Å². The molecule has 3 nitrogen and oxygen atoms in total. The molecule has 2 aromatic rings. The van der Waals surface area contributed by atoms with Crippen LogP contribution in [0, 0.1) is 26.7 Å². The van der Waals surface area contributed by atoms with Gasteiger partial charge in [0.2, 0.25) is 5.91 Å². The summed E-state index contributed by atoms with van der Waals surface area (Å²) in [4.78, 5) is 15.1. The molecule has 1 aliphatic heterocycles. The number of hydrogen-bond donors (Lipinski definition) is 1. The lowest BCUT2D eigenvalue weighted by Crippen LogP contribution is -2.41. The van der Waals surface area contributed by atoms with Crippen molar-refractivity contribution in [2.75, 3.05) is 18.0 Å². The molecule has 0 spiro atoms. The third-order valence-corrected chi connectivity index (χ3v) is 5.65. The van der Waals surface area contributed by atoms with Gasteiger partial charge >= 0.3 is 0 Å². The van der Waals surface area contributed by atoms with Crippen LogP contribution >= 0.6 is 0 Å². The van der Waals surface area contributed by atoms with Crippen LogP contribution in [-0.2, 0) is 4.79 Å². The predicted molar refractivity (Wildman–Crippen MR) is 109 cm³/mol. The average Bonchev–Trinajstić information content (AvgIpc) is 2.64. The highest BCUT2D eigenvalue weighted by Gasteiger charge is 2.26. The van der Waals surface area contributed by atoms with E-state index < -0.39 is 0 Å². The van der Waals surface area contributed by atoms with Gasteiger partial charge in [0, 0.05) is 24.7 Å². The standard InChI is InChI=1S/C23H30N2O/c1-16-5-9-22(10-6-16)25-13-11-20(12-14-25)23(26)24-19(4)21-8-7-17(2)18(3)15-21/h5-10,15,19-20H,11-14H2,1-4H3,(H,24,26)/t19-/m0/s1. The van der Waals surface area contributed by atoms with Gasteiger partial charge in [0.15, 0.2) is 0 Å². The molecule has 0 radical (unpaired) electrons. The van der Waals surface area contributed by atoms with E-state index in [0.717, 1.165) is 25.9 Å². The summed E-state index contributed by atoms with van der Waals surface area (Å²) in [6, 6.07) is 15.1. The first-order valence-electron chi connectivity index (χ1n) is 9.63. The van der Waals surface area contributed by atoms with E-state index in [9.17, 15) is 4.79 Å². The van der Waals surface area contributed by atoms with Crippen LogP contribution in [-0.4, -0.2) is 19.0 Å². The number of piperidine rings is 1. The van der Waals surface area contributed by atoms with Crippen LogP contribution in [0.25, 0.3) is 0 Å². The summed E-state index contributed by atoms with van der Waals surface area (Å²) in [5.74, 6) is 0.310. The Bertz CT molecular complexity index is 758. The Hall–Kier alpha value is -2.29. The first-order valence-corrected chi connectivity index (χ1v) is 9.63. The molecule has 1 amide bonds. The number of benzene rings is 2. The highest BCUT2D eigenvalue weighted by Crippen LogP contribution is 2.25. The predicted octanol–water partition coefficient (Wildman–Crippen LogP) is 4.71. The molecular weight excluding hydrogens is 320 g/mol. The number of carbonyl (C=O) groups excluding carboxylic acids is 1. The number of aryl methyl sites for hydroxylation is 3. The molecule has 0 unspecified atom stereocenters. The molecule has 26 heavy (non-hydrogen) atoms. The summed E-state index contributed by atoms with van der Waals surface area (Å²) in [6.45, 7) is 10.3. The Morgan fingerprint density at radius 3 is 2.27 bits per heavy atom. The minimum atomic E-state index is 0.0527. The number of carbonyl (C=O) groups is 1. The summed E-state index contributed by atoms with van der Waals surface area (Å²) in [7, 11) is 0. The Morgan fingerprint density at radius 1 is 1.00 bits per heavy atom. The van der Waals surface area contributed by atoms with Crippen molar-refractivity contribution in [1.29, 1.82) is 0 Å². The van der Waals surface area contributed by atoms with Gasteiger partial charge in [-0.3, -0.25) is 4.79 Å². The molecule has 3 heteroatoms. The largest absolute Gasteiger partial charge is 0.371 e. The van der Waals surface area contributed by atoms with E-state index in [4.69, 9.17) is 0 Å². The Morgan fingerprint density at radius 2 is 1.65 bits per heavy atom. The molecule has 1 aliphatic rings. The van der Waals surface area contributed by atoms with Gasteiger partial charge < -0.3 is 10.2 Å². The second-order valence-corrected chi connectivity index (χ2v) is 7.67. The van der Waals surface area contributed by atoms with E-state index in [-0.39, 0.29) is 17.9 Å². The third kappa shape index (κ3) is 4.27. The Kier molecular flexibility index (Phi) is 5.65. The third-order valence-electron chi connectivity index (χ3n) is 5.65. The molecule has 0 aliphatic carbocycles. The lowest BCUT2D eigenvalue weighted by atomic mass is 9.94. The van der Waals surface area contributed by atoms with Crippen LogP contribution < -0.4 is 10.2 Å². The minimum Gasteiger partial charge on any atom is -0.371 e. The van der Waals surface area contributed by atoms with Gasteiger partial charge in [-0.05, 0) is 69.4 Å². The number of amides is 1. The van der Waals surface area contributed by atoms with Crippen LogP contribution in [0.5, 0.6) is 0 Å². The number of nitrogens with one attached hydrogen (secondary N) is 1. The van der Waals surface area contributed by atoms with Gasteiger partial charge in [0.25, 0.3) is 0 Å². The SMILES string of the molecule is Cc1ccc(N2CCC(C(=O)N[C@@H](C)c3ccc(C)c(C)c3)CC2)cc1. The summed E-state index contributed by atoms with van der Waals surface area (Å²) in [5.41, 5.74) is 6.28. The van der Waals surface area contributed by atoms with E-state index in [0.29, 0.717) is 0 Å². The van der Waals surface area contributed by atoms with Crippen LogP contribution in [0.1, 0.15) is 48.1 Å². The van der Waals surface area contributed by atoms with E-state index >= 15 is 0 Å². The maximum absolute atomic E-state index is 12.7. The average molecular weight is 351 g/mol. The molecule has 1 heterocycles. The topological polar surface area (TPSA) is 32.3 Å². The first-order chi connectivity index (χ1) is 12.4. The van der Waals surface area contributed by atoms with Crippen molar-refractivity contribution in [3.8, 4) is 0 Å². The Labute approximate surface area is 157 Å². The van der Waals surface area contributed by atoms with Gasteiger partial charge in [0.1, 0.15) is 0 Å². The first kappa shape index (κ1) is 18.5. The number of nitrogens with zero attached hydrogens (tertiary/aromatic N) is 1. The van der Waals surface area contributed by atoms with Gasteiger partial charge in [-0.2, -0.15) is 0 Å². The van der Waals surface area contributed by atoms with Crippen molar-refractivity contribution in [2.24, 2.45) is 5.92 Å². The van der Waals surface area contributed by atoms with Crippen LogP contribution in [0.2, 0.25) is 0 Å². The van der Waals surface area contributed by atoms with Crippen molar-refractivity contribution in [2.45, 2.75) is 46.6 Å². The zero-order valence-corrected chi connectivity index (χ0v) is 16.4. The zero-order valence-electron chi connectivity index (χ0n) is 16.4. The van der Waals surface area contributed by atoms with E-state index in [1.54, 1.807) is 0 Å². The molecule has 2 aromatic carbocycles. The normalized spacial score (nSPS) is 16.4. The molecule has 1 fully saturated rings. The molecule has 0 aromatic heterocycles. The van der Waals surface area contributed by atoms with Crippen molar-refractivity contribution in [3.05, 3.63) is 64.7 Å². The number of anilines is 1. The molecule has 0 saturated carbocycles. The van der Waals surface area contributed by atoms with Gasteiger partial charge in [0.05, 0.1) is 6.04 Å². The smallest absolute Gasteiger partial charge is 0.223 e. The number of rotatable bonds is 4. The second-order valence-electron chi connectivity index (χ2n) is 7.67.